The van der Waals surface area contributed by atoms with Gasteiger partial charge in [0.15, 0.2) is 0 Å². The first-order chi connectivity index (χ1) is 7.79. The maximum Gasteiger partial charge on any atom is 0.0586 e. The molecular formula is C12H21N3O. The Labute approximate surface area is 96.9 Å². The van der Waals surface area contributed by atoms with Gasteiger partial charge < -0.3 is 5.11 Å². The molecule has 1 aromatic heterocycles. The van der Waals surface area contributed by atoms with Gasteiger partial charge in [-0.05, 0) is 44.3 Å². The third-order valence-electron chi connectivity index (χ3n) is 3.38. The first kappa shape index (κ1) is 11.6. The smallest absolute Gasteiger partial charge is 0.0586 e. The predicted molar refractivity (Wildman–Crippen MR) is 63.2 cm³/mol. The first-order valence-electron chi connectivity index (χ1n) is 6.12. The van der Waals surface area contributed by atoms with Gasteiger partial charge in [0.05, 0.1) is 12.8 Å². The standard InChI is InChI=1S/C12H21N3O/c1-14-9-11(8-13-14)4-2-6-15-7-3-5-12(15)10-16/h8-9,12,16H,2-7,10H2,1H3/t12-/m1/s1. The van der Waals surface area contributed by atoms with Crippen molar-refractivity contribution in [2.75, 3.05) is 19.7 Å². The van der Waals surface area contributed by atoms with Crippen molar-refractivity contribution in [3.63, 3.8) is 0 Å². The third kappa shape index (κ3) is 2.83. The zero-order valence-corrected chi connectivity index (χ0v) is 9.97. The van der Waals surface area contributed by atoms with Crippen LogP contribution in [0.1, 0.15) is 24.8 Å². The molecule has 1 fully saturated rings. The number of hydrogen-bond donors (Lipinski definition) is 1. The quantitative estimate of drug-likeness (QED) is 0.803. The zero-order chi connectivity index (χ0) is 11.4. The van der Waals surface area contributed by atoms with E-state index in [-0.39, 0.29) is 0 Å². The Bertz CT molecular complexity index is 324. The molecule has 1 N–H and O–H groups in total. The zero-order valence-electron chi connectivity index (χ0n) is 9.97. The highest BCUT2D eigenvalue weighted by atomic mass is 16.3. The fourth-order valence-electron chi connectivity index (χ4n) is 2.48. The van der Waals surface area contributed by atoms with E-state index >= 15 is 0 Å². The predicted octanol–water partition coefficient (Wildman–Crippen LogP) is 0.809. The Hall–Kier alpha value is -0.870. The van der Waals surface area contributed by atoms with E-state index in [2.05, 4.69) is 16.2 Å². The lowest BCUT2D eigenvalue weighted by Gasteiger charge is -2.22. The topological polar surface area (TPSA) is 41.3 Å². The van der Waals surface area contributed by atoms with Crippen LogP contribution in [0.15, 0.2) is 12.4 Å². The minimum atomic E-state index is 0.312. The average Bonchev–Trinajstić information content (AvgIpc) is 2.87. The van der Waals surface area contributed by atoms with Crippen LogP contribution in [-0.2, 0) is 13.5 Å². The molecule has 1 aliphatic rings. The summed E-state index contributed by atoms with van der Waals surface area (Å²) in [4.78, 5) is 2.41. The van der Waals surface area contributed by atoms with E-state index in [1.54, 1.807) is 0 Å². The first-order valence-corrected chi connectivity index (χ1v) is 6.12. The summed E-state index contributed by atoms with van der Waals surface area (Å²) in [5.41, 5.74) is 1.31. The molecule has 0 unspecified atom stereocenters. The van der Waals surface area contributed by atoms with E-state index in [1.165, 1.54) is 12.0 Å². The van der Waals surface area contributed by atoms with Crippen LogP contribution in [0.5, 0.6) is 0 Å². The van der Waals surface area contributed by atoms with E-state index in [0.29, 0.717) is 12.6 Å². The molecule has 1 aliphatic heterocycles. The number of aliphatic hydroxyl groups excluding tert-OH is 1. The van der Waals surface area contributed by atoms with Gasteiger partial charge in [0.2, 0.25) is 0 Å². The third-order valence-corrected chi connectivity index (χ3v) is 3.38. The van der Waals surface area contributed by atoms with E-state index in [0.717, 1.165) is 32.4 Å². The number of aliphatic hydroxyl groups is 1. The summed E-state index contributed by atoms with van der Waals surface area (Å²) >= 11 is 0. The lowest BCUT2D eigenvalue weighted by molar-refractivity contribution is 0.158. The molecule has 0 spiro atoms. The highest BCUT2D eigenvalue weighted by Crippen LogP contribution is 2.17. The van der Waals surface area contributed by atoms with Crippen LogP contribution in [0, 0.1) is 0 Å². The molecule has 90 valence electrons. The molecule has 0 saturated carbocycles. The van der Waals surface area contributed by atoms with Gasteiger partial charge in [-0.1, -0.05) is 0 Å². The van der Waals surface area contributed by atoms with Gasteiger partial charge in [-0.15, -0.1) is 0 Å². The molecule has 4 nitrogen and oxygen atoms in total. The van der Waals surface area contributed by atoms with Crippen molar-refractivity contribution >= 4 is 0 Å². The van der Waals surface area contributed by atoms with Crippen molar-refractivity contribution in [1.29, 1.82) is 0 Å². The van der Waals surface area contributed by atoms with Crippen molar-refractivity contribution in [2.45, 2.75) is 31.7 Å². The van der Waals surface area contributed by atoms with Crippen LogP contribution in [0.25, 0.3) is 0 Å². The monoisotopic (exact) mass is 223 g/mol. The van der Waals surface area contributed by atoms with Crippen LogP contribution < -0.4 is 0 Å². The summed E-state index contributed by atoms with van der Waals surface area (Å²) in [6.07, 6.45) is 8.65. The Kier molecular flexibility index (Phi) is 3.96. The van der Waals surface area contributed by atoms with Gasteiger partial charge in [0, 0.05) is 19.3 Å². The van der Waals surface area contributed by atoms with E-state index < -0.39 is 0 Å². The molecule has 1 saturated heterocycles. The van der Waals surface area contributed by atoms with E-state index in [1.807, 2.05) is 17.9 Å². The second-order valence-electron chi connectivity index (χ2n) is 4.64. The van der Waals surface area contributed by atoms with Gasteiger partial charge >= 0.3 is 0 Å². The van der Waals surface area contributed by atoms with E-state index in [9.17, 15) is 5.11 Å². The normalized spacial score (nSPS) is 21.8. The highest BCUT2D eigenvalue weighted by molar-refractivity contribution is 5.03. The van der Waals surface area contributed by atoms with Crippen LogP contribution in [0.2, 0.25) is 0 Å². The maximum absolute atomic E-state index is 9.20. The van der Waals surface area contributed by atoms with Gasteiger partial charge in [-0.2, -0.15) is 5.10 Å². The summed E-state index contributed by atoms with van der Waals surface area (Å²) in [7, 11) is 1.95. The Morgan fingerprint density at radius 1 is 1.56 bits per heavy atom. The van der Waals surface area contributed by atoms with Gasteiger partial charge in [0.1, 0.15) is 0 Å². The molecule has 0 amide bonds. The van der Waals surface area contributed by atoms with Crippen molar-refractivity contribution < 1.29 is 5.11 Å². The molecule has 16 heavy (non-hydrogen) atoms. The number of aromatic nitrogens is 2. The fraction of sp³-hybridized carbons (Fsp3) is 0.750. The fourth-order valence-corrected chi connectivity index (χ4v) is 2.48. The van der Waals surface area contributed by atoms with Crippen LogP contribution >= 0.6 is 0 Å². The number of nitrogens with zero attached hydrogens (tertiary/aromatic N) is 3. The minimum Gasteiger partial charge on any atom is -0.395 e. The lowest BCUT2D eigenvalue weighted by Crippen LogP contribution is -2.33. The maximum atomic E-state index is 9.20. The molecule has 0 bridgehead atoms. The average molecular weight is 223 g/mol. The van der Waals surface area contributed by atoms with Crippen molar-refractivity contribution in [1.82, 2.24) is 14.7 Å². The summed E-state index contributed by atoms with van der Waals surface area (Å²) in [5, 5.41) is 13.4. The number of rotatable bonds is 5. The van der Waals surface area contributed by atoms with Gasteiger partial charge in [-0.25, -0.2) is 0 Å². The van der Waals surface area contributed by atoms with Crippen LogP contribution in [-0.4, -0.2) is 45.5 Å². The molecule has 0 radical (unpaired) electrons. The van der Waals surface area contributed by atoms with Crippen molar-refractivity contribution in [3.05, 3.63) is 18.0 Å². The molecule has 1 aromatic rings. The molecule has 0 aliphatic carbocycles. The van der Waals surface area contributed by atoms with Crippen LogP contribution in [0.3, 0.4) is 0 Å². The van der Waals surface area contributed by atoms with Crippen LogP contribution in [0.4, 0.5) is 0 Å². The Balaban J connectivity index is 1.71. The molecule has 2 heterocycles. The lowest BCUT2D eigenvalue weighted by atomic mass is 10.2. The molecule has 1 atom stereocenters. The number of hydrogen-bond acceptors (Lipinski definition) is 3. The summed E-state index contributed by atoms with van der Waals surface area (Å²) in [6.45, 7) is 2.56. The SMILES string of the molecule is Cn1cc(CCCN2CCC[C@@H]2CO)cn1. The summed E-state index contributed by atoms with van der Waals surface area (Å²) in [6, 6.07) is 0.411. The summed E-state index contributed by atoms with van der Waals surface area (Å²) in [5.74, 6) is 0. The molecule has 4 heteroatoms. The van der Waals surface area contributed by atoms with Crippen molar-refractivity contribution in [2.24, 2.45) is 7.05 Å². The highest BCUT2D eigenvalue weighted by Gasteiger charge is 2.22. The summed E-state index contributed by atoms with van der Waals surface area (Å²) < 4.78 is 1.85. The number of aryl methyl sites for hydroxylation is 2. The molecular weight excluding hydrogens is 202 g/mol. The minimum absolute atomic E-state index is 0.312. The van der Waals surface area contributed by atoms with Crippen molar-refractivity contribution in [3.8, 4) is 0 Å². The second-order valence-corrected chi connectivity index (χ2v) is 4.64. The largest absolute Gasteiger partial charge is 0.395 e. The van der Waals surface area contributed by atoms with Gasteiger partial charge in [0.25, 0.3) is 0 Å². The Morgan fingerprint density at radius 2 is 2.44 bits per heavy atom. The molecule has 2 rings (SSSR count). The Morgan fingerprint density at radius 3 is 3.12 bits per heavy atom. The van der Waals surface area contributed by atoms with E-state index in [4.69, 9.17) is 0 Å². The van der Waals surface area contributed by atoms with Gasteiger partial charge in [-0.3, -0.25) is 9.58 Å². The second kappa shape index (κ2) is 5.46. The molecule has 0 aromatic carbocycles. The number of likely N-dealkylation sites (tertiary alicyclic amines) is 1.